The van der Waals surface area contributed by atoms with Crippen LogP contribution in [-0.4, -0.2) is 24.0 Å². The molecule has 2 N–H and O–H groups in total. The zero-order chi connectivity index (χ0) is 9.07. The van der Waals surface area contributed by atoms with E-state index >= 15 is 0 Å². The highest BCUT2D eigenvalue weighted by Gasteiger charge is 2.12. The molecule has 0 aliphatic carbocycles. The summed E-state index contributed by atoms with van der Waals surface area (Å²) in [4.78, 5) is 9.47. The Labute approximate surface area is 64.1 Å². The second-order valence-corrected chi connectivity index (χ2v) is 3.25. The second kappa shape index (κ2) is 3.49. The van der Waals surface area contributed by atoms with Crippen LogP contribution in [0.25, 0.3) is 0 Å². The van der Waals surface area contributed by atoms with Crippen molar-refractivity contribution in [3.63, 3.8) is 0 Å². The molecule has 0 radical (unpaired) electrons. The first-order valence-corrected chi connectivity index (χ1v) is 4.23. The zero-order valence-corrected chi connectivity index (χ0v) is 6.63. The van der Waals surface area contributed by atoms with Crippen LogP contribution in [-0.2, 0) is 14.9 Å². The minimum absolute atomic E-state index is 0.0366. The highest BCUT2D eigenvalue weighted by Crippen LogP contribution is 2.07. The average molecular weight is 180 g/mol. The smallest absolute Gasteiger partial charge is 0.329 e. The molecule has 0 fully saturated rings. The molecular weight excluding hydrogens is 172 g/mol. The van der Waals surface area contributed by atoms with Gasteiger partial charge < -0.3 is 5.11 Å². The van der Waals surface area contributed by atoms with E-state index in [1.54, 1.807) is 0 Å². The normalized spacial score (nSPS) is 13.1. The number of carboxylic acid groups (broad SMARTS) is 1. The maximum absolute atomic E-state index is 10.3. The second-order valence-electron chi connectivity index (χ2n) is 1.78. The van der Waals surface area contributed by atoms with Gasteiger partial charge in [0.2, 0.25) is 0 Å². The fraction of sp³-hybridized carbons (Fsp3) is 0.400. The topological polar surface area (TPSA) is 91.7 Å². The SMILES string of the molecule is CCC(=CC(=O)O)S(=O)(=O)O. The molecule has 11 heavy (non-hydrogen) atoms. The van der Waals surface area contributed by atoms with Crippen LogP contribution in [0.1, 0.15) is 13.3 Å². The fourth-order valence-electron chi connectivity index (χ4n) is 0.497. The highest BCUT2D eigenvalue weighted by molar-refractivity contribution is 7.89. The third-order valence-corrected chi connectivity index (χ3v) is 2.03. The molecule has 0 aromatic heterocycles. The number of rotatable bonds is 3. The van der Waals surface area contributed by atoms with Crippen molar-refractivity contribution in [1.82, 2.24) is 0 Å². The van der Waals surface area contributed by atoms with Gasteiger partial charge in [0.05, 0.1) is 4.91 Å². The van der Waals surface area contributed by atoms with Crippen LogP contribution in [0.3, 0.4) is 0 Å². The van der Waals surface area contributed by atoms with Crippen molar-refractivity contribution in [2.45, 2.75) is 13.3 Å². The molecular formula is C5H8O5S. The lowest BCUT2D eigenvalue weighted by atomic mass is 10.4. The van der Waals surface area contributed by atoms with Gasteiger partial charge in [-0.1, -0.05) is 6.92 Å². The van der Waals surface area contributed by atoms with E-state index in [4.69, 9.17) is 9.66 Å². The van der Waals surface area contributed by atoms with Gasteiger partial charge in [0.15, 0.2) is 0 Å². The molecule has 0 rings (SSSR count). The molecule has 0 amide bonds. The van der Waals surface area contributed by atoms with Crippen molar-refractivity contribution >= 4 is 16.1 Å². The largest absolute Gasteiger partial charge is 0.478 e. The fourth-order valence-corrected chi connectivity index (χ4v) is 1.11. The molecule has 5 nitrogen and oxygen atoms in total. The molecule has 0 aliphatic heterocycles. The van der Waals surface area contributed by atoms with E-state index in [2.05, 4.69) is 0 Å². The Hall–Kier alpha value is -0.880. The van der Waals surface area contributed by atoms with Crippen molar-refractivity contribution < 1.29 is 22.9 Å². The molecule has 0 aromatic rings. The van der Waals surface area contributed by atoms with Crippen LogP contribution in [0, 0.1) is 0 Å². The molecule has 0 aliphatic rings. The van der Waals surface area contributed by atoms with E-state index in [0.29, 0.717) is 6.08 Å². The molecule has 0 saturated carbocycles. The number of aliphatic carboxylic acids is 1. The summed E-state index contributed by atoms with van der Waals surface area (Å²) >= 11 is 0. The van der Waals surface area contributed by atoms with E-state index in [9.17, 15) is 13.2 Å². The van der Waals surface area contributed by atoms with E-state index in [1.807, 2.05) is 0 Å². The van der Waals surface area contributed by atoms with Crippen LogP contribution < -0.4 is 0 Å². The van der Waals surface area contributed by atoms with E-state index < -0.39 is 21.0 Å². The Morgan fingerprint density at radius 2 is 2.00 bits per heavy atom. The molecule has 0 saturated heterocycles. The van der Waals surface area contributed by atoms with Crippen molar-refractivity contribution in [2.75, 3.05) is 0 Å². The summed E-state index contributed by atoms with van der Waals surface area (Å²) < 4.78 is 29.0. The molecule has 0 aromatic carbocycles. The number of hydrogen-bond donors (Lipinski definition) is 2. The third kappa shape index (κ3) is 3.74. The van der Waals surface area contributed by atoms with Crippen LogP contribution in [0.5, 0.6) is 0 Å². The Morgan fingerprint density at radius 3 is 2.09 bits per heavy atom. The Morgan fingerprint density at radius 1 is 1.55 bits per heavy atom. The summed E-state index contributed by atoms with van der Waals surface area (Å²) in [6, 6.07) is 0. The third-order valence-electron chi connectivity index (χ3n) is 0.964. The van der Waals surface area contributed by atoms with E-state index in [1.165, 1.54) is 6.92 Å². The summed E-state index contributed by atoms with van der Waals surface area (Å²) in [5.74, 6) is -1.39. The molecule has 0 atom stereocenters. The van der Waals surface area contributed by atoms with Gasteiger partial charge >= 0.3 is 5.97 Å². The highest BCUT2D eigenvalue weighted by atomic mass is 32.2. The first-order valence-electron chi connectivity index (χ1n) is 2.79. The summed E-state index contributed by atoms with van der Waals surface area (Å²) in [6.45, 7) is 1.43. The summed E-state index contributed by atoms with van der Waals surface area (Å²) in [7, 11) is -4.33. The quantitative estimate of drug-likeness (QED) is 0.480. The summed E-state index contributed by atoms with van der Waals surface area (Å²) in [5, 5.41) is 8.13. The van der Waals surface area contributed by atoms with Crippen molar-refractivity contribution in [3.05, 3.63) is 11.0 Å². The standard InChI is InChI=1S/C5H8O5S/c1-2-4(3-5(6)7)11(8,9)10/h3H,2H2,1H3,(H,6,7)(H,8,9,10). The van der Waals surface area contributed by atoms with Gasteiger partial charge in [-0.25, -0.2) is 4.79 Å². The molecule has 0 bridgehead atoms. The van der Waals surface area contributed by atoms with Crippen molar-refractivity contribution in [1.29, 1.82) is 0 Å². The summed E-state index contributed by atoms with van der Waals surface area (Å²) in [5.41, 5.74) is 0. The lowest BCUT2D eigenvalue weighted by molar-refractivity contribution is -0.131. The minimum Gasteiger partial charge on any atom is -0.478 e. The minimum atomic E-state index is -4.33. The van der Waals surface area contributed by atoms with Gasteiger partial charge in [-0.3, -0.25) is 4.55 Å². The van der Waals surface area contributed by atoms with Gasteiger partial charge in [-0.2, -0.15) is 8.42 Å². The van der Waals surface area contributed by atoms with E-state index in [0.717, 1.165) is 0 Å². The molecule has 0 unspecified atom stereocenters. The predicted molar refractivity (Wildman–Crippen MR) is 37.6 cm³/mol. The zero-order valence-electron chi connectivity index (χ0n) is 5.81. The van der Waals surface area contributed by atoms with Gasteiger partial charge in [0, 0.05) is 6.08 Å². The van der Waals surface area contributed by atoms with Crippen LogP contribution in [0.15, 0.2) is 11.0 Å². The van der Waals surface area contributed by atoms with Crippen LogP contribution in [0.4, 0.5) is 0 Å². The van der Waals surface area contributed by atoms with Gasteiger partial charge in [-0.05, 0) is 6.42 Å². The first-order chi connectivity index (χ1) is 4.88. The van der Waals surface area contributed by atoms with Crippen molar-refractivity contribution in [3.8, 4) is 0 Å². The van der Waals surface area contributed by atoms with Crippen molar-refractivity contribution in [2.24, 2.45) is 0 Å². The number of carbonyl (C=O) groups is 1. The van der Waals surface area contributed by atoms with E-state index in [-0.39, 0.29) is 6.42 Å². The van der Waals surface area contributed by atoms with Crippen LogP contribution in [0.2, 0.25) is 0 Å². The van der Waals surface area contributed by atoms with Crippen LogP contribution >= 0.6 is 0 Å². The van der Waals surface area contributed by atoms with Gasteiger partial charge in [0.25, 0.3) is 10.1 Å². The first kappa shape index (κ1) is 10.1. The Bertz CT molecular complexity index is 273. The maximum atomic E-state index is 10.3. The maximum Gasteiger partial charge on any atom is 0.329 e. The number of hydrogen-bond acceptors (Lipinski definition) is 3. The lowest BCUT2D eigenvalue weighted by Gasteiger charge is -1.96. The Balaban J connectivity index is 4.84. The van der Waals surface area contributed by atoms with Gasteiger partial charge in [-0.15, -0.1) is 0 Å². The molecule has 64 valence electrons. The number of allylic oxidation sites excluding steroid dienone is 1. The summed E-state index contributed by atoms with van der Waals surface area (Å²) in [6.07, 6.45) is 0.431. The average Bonchev–Trinajstić information content (AvgIpc) is 1.79. The monoisotopic (exact) mass is 180 g/mol. The molecule has 0 spiro atoms. The molecule has 0 heterocycles. The predicted octanol–water partition coefficient (Wildman–Crippen LogP) is 0.253. The molecule has 6 heteroatoms. The number of carboxylic acids is 1. The van der Waals surface area contributed by atoms with Gasteiger partial charge in [0.1, 0.15) is 0 Å². The Kier molecular flexibility index (Phi) is 3.21. The lowest BCUT2D eigenvalue weighted by Crippen LogP contribution is -2.03.